The first-order valence-corrected chi connectivity index (χ1v) is 9.10. The molecule has 0 fully saturated rings. The number of hydrogen-bond acceptors (Lipinski definition) is 4. The van der Waals surface area contributed by atoms with E-state index in [1.165, 1.54) is 16.8 Å². The smallest absolute Gasteiger partial charge is 0.276 e. The van der Waals surface area contributed by atoms with Gasteiger partial charge in [0.2, 0.25) is 0 Å². The van der Waals surface area contributed by atoms with E-state index in [2.05, 4.69) is 10.4 Å². The first-order valence-electron chi connectivity index (χ1n) is 8.72. The molecule has 0 saturated heterocycles. The zero-order chi connectivity index (χ0) is 20.4. The number of hydrogen-bond donors (Lipinski definition) is 1. The summed E-state index contributed by atoms with van der Waals surface area (Å²) >= 11 is 6.15. The Morgan fingerprint density at radius 3 is 2.43 bits per heavy atom. The van der Waals surface area contributed by atoms with Crippen molar-refractivity contribution in [2.75, 3.05) is 24.3 Å². The normalized spacial score (nSPS) is 10.6. The van der Waals surface area contributed by atoms with Crippen LogP contribution in [-0.4, -0.2) is 29.8 Å². The summed E-state index contributed by atoms with van der Waals surface area (Å²) in [4.78, 5) is 26.9. The minimum absolute atomic E-state index is 0.132. The third-order valence-corrected chi connectivity index (χ3v) is 4.81. The average molecular weight is 397 g/mol. The maximum absolute atomic E-state index is 12.7. The van der Waals surface area contributed by atoms with E-state index in [1.54, 1.807) is 18.2 Å². The summed E-state index contributed by atoms with van der Waals surface area (Å²) in [5, 5.41) is 7.59. The van der Waals surface area contributed by atoms with Crippen LogP contribution >= 0.6 is 11.6 Å². The summed E-state index contributed by atoms with van der Waals surface area (Å²) < 4.78 is 1.17. The van der Waals surface area contributed by atoms with Crippen LogP contribution in [0.15, 0.2) is 53.3 Å². The molecule has 0 atom stereocenters. The molecule has 1 N–H and O–H groups in total. The second kappa shape index (κ2) is 7.86. The van der Waals surface area contributed by atoms with Crippen LogP contribution in [-0.2, 0) is 0 Å². The van der Waals surface area contributed by atoms with E-state index in [1.807, 2.05) is 51.0 Å². The number of aryl methyl sites for hydroxylation is 2. The Kier molecular flexibility index (Phi) is 5.51. The molecule has 0 aliphatic rings. The second-order valence-corrected chi connectivity index (χ2v) is 7.16. The van der Waals surface area contributed by atoms with Gasteiger partial charge in [0.25, 0.3) is 11.5 Å². The number of aromatic nitrogens is 2. The highest BCUT2D eigenvalue weighted by Gasteiger charge is 2.13. The highest BCUT2D eigenvalue weighted by atomic mass is 35.5. The fourth-order valence-corrected chi connectivity index (χ4v) is 2.86. The summed E-state index contributed by atoms with van der Waals surface area (Å²) in [6.45, 7) is 3.79. The fourth-order valence-electron chi connectivity index (χ4n) is 2.68. The highest BCUT2D eigenvalue weighted by molar-refractivity contribution is 6.31. The van der Waals surface area contributed by atoms with E-state index in [0.717, 1.165) is 16.8 Å². The van der Waals surface area contributed by atoms with Crippen molar-refractivity contribution in [3.63, 3.8) is 0 Å². The van der Waals surface area contributed by atoms with Gasteiger partial charge in [0.15, 0.2) is 0 Å². The third-order valence-electron chi connectivity index (χ3n) is 4.41. The molecule has 144 valence electrons. The molecule has 1 aromatic heterocycles. The molecular formula is C21H21ClN4O2. The predicted octanol–water partition coefficient (Wildman–Crippen LogP) is 3.82. The molecule has 0 spiro atoms. The molecule has 0 saturated carbocycles. The Morgan fingerprint density at radius 1 is 1.04 bits per heavy atom. The largest absolute Gasteiger partial charge is 0.378 e. The van der Waals surface area contributed by atoms with Crippen LogP contribution < -0.4 is 15.8 Å². The van der Waals surface area contributed by atoms with Crippen LogP contribution in [0, 0.1) is 13.8 Å². The van der Waals surface area contributed by atoms with Crippen molar-refractivity contribution in [1.29, 1.82) is 0 Å². The summed E-state index contributed by atoms with van der Waals surface area (Å²) in [6.07, 6.45) is 0. The Bertz CT molecular complexity index is 1110. The van der Waals surface area contributed by atoms with Crippen molar-refractivity contribution in [1.82, 2.24) is 9.78 Å². The van der Waals surface area contributed by atoms with Gasteiger partial charge in [0, 0.05) is 36.6 Å². The maximum Gasteiger partial charge on any atom is 0.276 e. The van der Waals surface area contributed by atoms with Crippen molar-refractivity contribution in [2.45, 2.75) is 13.8 Å². The molecular weight excluding hydrogens is 376 g/mol. The Balaban J connectivity index is 1.91. The first-order chi connectivity index (χ1) is 13.3. The van der Waals surface area contributed by atoms with Gasteiger partial charge < -0.3 is 10.2 Å². The molecule has 1 amide bonds. The lowest BCUT2D eigenvalue weighted by Gasteiger charge is -2.15. The predicted molar refractivity (Wildman–Crippen MR) is 113 cm³/mol. The molecule has 28 heavy (non-hydrogen) atoms. The van der Waals surface area contributed by atoms with Gasteiger partial charge >= 0.3 is 0 Å². The highest BCUT2D eigenvalue weighted by Crippen LogP contribution is 2.22. The molecule has 1 heterocycles. The van der Waals surface area contributed by atoms with Gasteiger partial charge in [0.1, 0.15) is 5.69 Å². The van der Waals surface area contributed by atoms with Gasteiger partial charge in [-0.3, -0.25) is 9.59 Å². The third kappa shape index (κ3) is 4.07. The number of anilines is 2. The molecule has 0 unspecified atom stereocenters. The molecule has 0 radical (unpaired) electrons. The van der Waals surface area contributed by atoms with E-state index < -0.39 is 5.91 Å². The number of amides is 1. The van der Waals surface area contributed by atoms with Gasteiger partial charge in [-0.25, -0.2) is 0 Å². The van der Waals surface area contributed by atoms with Gasteiger partial charge in [-0.15, -0.1) is 0 Å². The lowest BCUT2D eigenvalue weighted by molar-refractivity contribution is 0.102. The molecule has 6 nitrogen and oxygen atoms in total. The molecule has 0 bridgehead atoms. The fraction of sp³-hybridized carbons (Fsp3) is 0.190. The van der Waals surface area contributed by atoms with Crippen molar-refractivity contribution >= 4 is 28.9 Å². The lowest BCUT2D eigenvalue weighted by atomic mass is 10.1. The minimum Gasteiger partial charge on any atom is -0.378 e. The number of halogens is 1. The minimum atomic E-state index is -0.396. The molecule has 3 aromatic rings. The first kappa shape index (κ1) is 19.6. The van der Waals surface area contributed by atoms with Crippen LogP contribution in [0.25, 0.3) is 5.69 Å². The molecule has 2 aromatic carbocycles. The van der Waals surface area contributed by atoms with E-state index in [-0.39, 0.29) is 11.3 Å². The van der Waals surface area contributed by atoms with Gasteiger partial charge in [0.05, 0.1) is 5.69 Å². The summed E-state index contributed by atoms with van der Waals surface area (Å²) in [5.74, 6) is -0.396. The van der Waals surface area contributed by atoms with E-state index >= 15 is 0 Å². The number of benzene rings is 2. The van der Waals surface area contributed by atoms with Gasteiger partial charge in [-0.1, -0.05) is 17.7 Å². The van der Waals surface area contributed by atoms with E-state index in [4.69, 9.17) is 11.6 Å². The van der Waals surface area contributed by atoms with Crippen molar-refractivity contribution in [2.24, 2.45) is 0 Å². The monoisotopic (exact) mass is 396 g/mol. The molecule has 3 rings (SSSR count). The average Bonchev–Trinajstić information content (AvgIpc) is 2.65. The number of rotatable bonds is 4. The Morgan fingerprint density at radius 2 is 1.79 bits per heavy atom. The van der Waals surface area contributed by atoms with Crippen LogP contribution in [0.5, 0.6) is 0 Å². The van der Waals surface area contributed by atoms with Gasteiger partial charge in [-0.05, 0) is 61.4 Å². The summed E-state index contributed by atoms with van der Waals surface area (Å²) in [7, 11) is 3.91. The topological polar surface area (TPSA) is 67.2 Å². The quantitative estimate of drug-likeness (QED) is 0.728. The summed E-state index contributed by atoms with van der Waals surface area (Å²) in [5.41, 5.74) is 3.84. The maximum atomic E-state index is 12.7. The SMILES string of the molecule is Cc1ccc(-n2nc(C(=O)Nc3ccc(N(C)C)cc3C)ccc2=O)cc1Cl. The van der Waals surface area contributed by atoms with Crippen LogP contribution in [0.3, 0.4) is 0 Å². The summed E-state index contributed by atoms with van der Waals surface area (Å²) in [6, 6.07) is 13.7. The van der Waals surface area contributed by atoms with Crippen molar-refractivity contribution < 1.29 is 4.79 Å². The van der Waals surface area contributed by atoms with Crippen LogP contribution in [0.2, 0.25) is 5.02 Å². The number of nitrogens with one attached hydrogen (secondary N) is 1. The second-order valence-electron chi connectivity index (χ2n) is 6.75. The standard InChI is InChI=1S/C21H21ClN4O2/c1-13-5-6-16(12-17(13)22)26-20(27)10-9-19(24-26)21(28)23-18-8-7-15(25(3)4)11-14(18)2/h5-12H,1-4H3,(H,23,28). The van der Waals surface area contributed by atoms with Gasteiger partial charge in [-0.2, -0.15) is 9.78 Å². The molecule has 0 aliphatic heterocycles. The molecule has 7 heteroatoms. The Labute approximate surface area is 168 Å². The molecule has 0 aliphatic carbocycles. The number of nitrogens with zero attached hydrogens (tertiary/aromatic N) is 3. The number of carbonyl (C=O) groups is 1. The zero-order valence-electron chi connectivity index (χ0n) is 16.2. The lowest BCUT2D eigenvalue weighted by Crippen LogP contribution is -2.25. The number of carbonyl (C=O) groups excluding carboxylic acids is 1. The van der Waals surface area contributed by atoms with Crippen molar-refractivity contribution in [3.8, 4) is 5.69 Å². The van der Waals surface area contributed by atoms with Crippen LogP contribution in [0.1, 0.15) is 21.6 Å². The van der Waals surface area contributed by atoms with E-state index in [0.29, 0.717) is 16.4 Å². The zero-order valence-corrected chi connectivity index (χ0v) is 16.9. The van der Waals surface area contributed by atoms with Crippen molar-refractivity contribution in [3.05, 3.63) is 80.7 Å². The van der Waals surface area contributed by atoms with Crippen LogP contribution in [0.4, 0.5) is 11.4 Å². The van der Waals surface area contributed by atoms with E-state index in [9.17, 15) is 9.59 Å². The Hall–Kier alpha value is -3.12.